The lowest BCUT2D eigenvalue weighted by Crippen LogP contribution is -1.86. The van der Waals surface area contributed by atoms with Crippen LogP contribution in [0.1, 0.15) is 76.3 Å². The molecule has 0 fully saturated rings. The van der Waals surface area contributed by atoms with Crippen LogP contribution < -0.4 is 0 Å². The van der Waals surface area contributed by atoms with Crippen molar-refractivity contribution in [3.63, 3.8) is 0 Å². The van der Waals surface area contributed by atoms with Crippen LogP contribution in [0.3, 0.4) is 0 Å². The summed E-state index contributed by atoms with van der Waals surface area (Å²) in [6.07, 6.45) is 12.2. The second-order valence-corrected chi connectivity index (χ2v) is 6.88. The van der Waals surface area contributed by atoms with E-state index in [1.54, 1.807) is 12.1 Å². The molecule has 0 aromatic heterocycles. The SMILES string of the molecule is CCCCCCCCc1ccccc1O.CCCCc1ccccc1O. The summed E-state index contributed by atoms with van der Waals surface area (Å²) < 4.78 is 0. The number of phenolic OH excluding ortho intramolecular Hbond substituents is 2. The zero-order valence-electron chi connectivity index (χ0n) is 16.6. The Hall–Kier alpha value is -1.96. The standard InChI is InChI=1S/C14H22O.C10H14O/c1-2-3-4-5-6-7-10-13-11-8-9-12-14(13)15;1-2-3-6-9-7-4-5-8-10(9)11/h8-9,11-12,15H,2-7,10H2,1H3;4-5,7-8,11H,2-3,6H2,1H3. The van der Waals surface area contributed by atoms with Crippen molar-refractivity contribution >= 4 is 0 Å². The molecule has 0 spiro atoms. The Bertz CT molecular complexity index is 592. The third-order valence-corrected chi connectivity index (χ3v) is 4.58. The molecule has 2 rings (SSSR count). The number of aromatic hydroxyl groups is 2. The first kappa shape index (κ1) is 22.1. The van der Waals surface area contributed by atoms with Crippen molar-refractivity contribution in [2.75, 3.05) is 0 Å². The van der Waals surface area contributed by atoms with E-state index >= 15 is 0 Å². The van der Waals surface area contributed by atoms with Gasteiger partial charge in [0.05, 0.1) is 0 Å². The molecule has 0 saturated carbocycles. The van der Waals surface area contributed by atoms with Gasteiger partial charge in [0.15, 0.2) is 0 Å². The van der Waals surface area contributed by atoms with Gasteiger partial charge in [0, 0.05) is 0 Å². The maximum atomic E-state index is 9.55. The summed E-state index contributed by atoms with van der Waals surface area (Å²) in [5, 5.41) is 18.9. The van der Waals surface area contributed by atoms with Gasteiger partial charge in [0.1, 0.15) is 11.5 Å². The lowest BCUT2D eigenvalue weighted by Gasteiger charge is -2.03. The molecule has 0 radical (unpaired) electrons. The molecule has 2 nitrogen and oxygen atoms in total. The van der Waals surface area contributed by atoms with Gasteiger partial charge in [-0.2, -0.15) is 0 Å². The van der Waals surface area contributed by atoms with Crippen molar-refractivity contribution in [2.24, 2.45) is 0 Å². The quantitative estimate of drug-likeness (QED) is 0.449. The summed E-state index contributed by atoms with van der Waals surface area (Å²) in [5.74, 6) is 0.881. The molecule has 2 heteroatoms. The summed E-state index contributed by atoms with van der Waals surface area (Å²) in [7, 11) is 0. The fraction of sp³-hybridized carbons (Fsp3) is 0.500. The largest absolute Gasteiger partial charge is 0.508 e. The zero-order chi connectivity index (χ0) is 19.0. The first-order valence-corrected chi connectivity index (χ1v) is 10.2. The van der Waals surface area contributed by atoms with Crippen molar-refractivity contribution in [1.29, 1.82) is 0 Å². The summed E-state index contributed by atoms with van der Waals surface area (Å²) in [6, 6.07) is 15.2. The molecular formula is C24H36O2. The Morgan fingerprint density at radius 1 is 0.538 bits per heavy atom. The van der Waals surface area contributed by atoms with Gasteiger partial charge in [-0.3, -0.25) is 0 Å². The number of unbranched alkanes of at least 4 members (excludes halogenated alkanes) is 6. The second-order valence-electron chi connectivity index (χ2n) is 6.88. The van der Waals surface area contributed by atoms with Gasteiger partial charge in [-0.15, -0.1) is 0 Å². The Morgan fingerprint density at radius 2 is 0.962 bits per heavy atom. The number of phenols is 2. The summed E-state index contributed by atoms with van der Waals surface area (Å²) in [6.45, 7) is 4.39. The Balaban J connectivity index is 0.000000273. The summed E-state index contributed by atoms with van der Waals surface area (Å²) in [5.41, 5.74) is 2.15. The minimum atomic E-state index is 0.431. The number of para-hydroxylation sites is 2. The van der Waals surface area contributed by atoms with E-state index in [-0.39, 0.29) is 0 Å². The molecule has 26 heavy (non-hydrogen) atoms. The van der Waals surface area contributed by atoms with E-state index in [0.717, 1.165) is 30.4 Å². The average Bonchev–Trinajstić information content (AvgIpc) is 2.66. The molecule has 0 bridgehead atoms. The summed E-state index contributed by atoms with van der Waals surface area (Å²) >= 11 is 0. The van der Waals surface area contributed by atoms with Gasteiger partial charge < -0.3 is 10.2 Å². The first-order chi connectivity index (χ1) is 12.7. The highest BCUT2D eigenvalue weighted by molar-refractivity contribution is 5.32. The molecular weight excluding hydrogens is 320 g/mol. The normalized spacial score (nSPS) is 10.2. The van der Waals surface area contributed by atoms with Gasteiger partial charge in [-0.1, -0.05) is 88.8 Å². The lowest BCUT2D eigenvalue weighted by molar-refractivity contribution is 0.466. The van der Waals surface area contributed by atoms with Gasteiger partial charge in [-0.05, 0) is 48.9 Å². The molecule has 0 unspecified atom stereocenters. The van der Waals surface area contributed by atoms with Crippen molar-refractivity contribution in [1.82, 2.24) is 0 Å². The maximum absolute atomic E-state index is 9.55. The minimum Gasteiger partial charge on any atom is -0.508 e. The summed E-state index contributed by atoms with van der Waals surface area (Å²) in [4.78, 5) is 0. The number of benzene rings is 2. The molecule has 2 N–H and O–H groups in total. The van der Waals surface area contributed by atoms with Crippen LogP contribution in [0, 0.1) is 0 Å². The highest BCUT2D eigenvalue weighted by Gasteiger charge is 1.99. The van der Waals surface area contributed by atoms with E-state index in [0.29, 0.717) is 11.5 Å². The predicted octanol–water partition coefficient (Wildman–Crippen LogP) is 7.03. The van der Waals surface area contributed by atoms with Crippen LogP contribution in [0.15, 0.2) is 48.5 Å². The molecule has 0 aliphatic heterocycles. The Labute approximate surface area is 159 Å². The van der Waals surface area contributed by atoms with Crippen LogP contribution in [0.4, 0.5) is 0 Å². The van der Waals surface area contributed by atoms with Crippen molar-refractivity contribution in [3.05, 3.63) is 59.7 Å². The van der Waals surface area contributed by atoms with E-state index in [9.17, 15) is 10.2 Å². The van der Waals surface area contributed by atoms with E-state index < -0.39 is 0 Å². The van der Waals surface area contributed by atoms with Crippen LogP contribution >= 0.6 is 0 Å². The first-order valence-electron chi connectivity index (χ1n) is 10.2. The fourth-order valence-corrected chi connectivity index (χ4v) is 2.91. The monoisotopic (exact) mass is 356 g/mol. The van der Waals surface area contributed by atoms with Crippen molar-refractivity contribution in [3.8, 4) is 11.5 Å². The Kier molecular flexibility index (Phi) is 12.1. The smallest absolute Gasteiger partial charge is 0.118 e. The third-order valence-electron chi connectivity index (χ3n) is 4.58. The van der Waals surface area contributed by atoms with E-state index in [2.05, 4.69) is 13.8 Å². The molecule has 0 saturated heterocycles. The molecule has 2 aromatic carbocycles. The molecule has 0 atom stereocenters. The molecule has 0 amide bonds. The van der Waals surface area contributed by atoms with Gasteiger partial charge in [-0.25, -0.2) is 0 Å². The number of hydrogen-bond donors (Lipinski definition) is 2. The predicted molar refractivity (Wildman–Crippen MR) is 112 cm³/mol. The lowest BCUT2D eigenvalue weighted by atomic mass is 10.0. The van der Waals surface area contributed by atoms with Gasteiger partial charge >= 0.3 is 0 Å². The van der Waals surface area contributed by atoms with Gasteiger partial charge in [0.2, 0.25) is 0 Å². The van der Waals surface area contributed by atoms with Crippen LogP contribution in [-0.4, -0.2) is 10.2 Å². The average molecular weight is 357 g/mol. The van der Waals surface area contributed by atoms with Crippen molar-refractivity contribution < 1.29 is 10.2 Å². The Morgan fingerprint density at radius 3 is 1.46 bits per heavy atom. The maximum Gasteiger partial charge on any atom is 0.118 e. The number of rotatable bonds is 10. The zero-order valence-corrected chi connectivity index (χ0v) is 16.6. The van der Waals surface area contributed by atoms with Crippen LogP contribution in [0.5, 0.6) is 11.5 Å². The fourth-order valence-electron chi connectivity index (χ4n) is 2.91. The second kappa shape index (κ2) is 14.2. The highest BCUT2D eigenvalue weighted by atomic mass is 16.3. The van der Waals surface area contributed by atoms with Crippen LogP contribution in [0.2, 0.25) is 0 Å². The third kappa shape index (κ3) is 9.50. The molecule has 0 heterocycles. The van der Waals surface area contributed by atoms with Crippen LogP contribution in [-0.2, 0) is 12.8 Å². The minimum absolute atomic E-state index is 0.431. The molecule has 0 aliphatic rings. The number of hydrogen-bond acceptors (Lipinski definition) is 2. The molecule has 0 aliphatic carbocycles. The topological polar surface area (TPSA) is 40.5 Å². The van der Waals surface area contributed by atoms with E-state index in [4.69, 9.17) is 0 Å². The molecule has 144 valence electrons. The van der Waals surface area contributed by atoms with Gasteiger partial charge in [0.25, 0.3) is 0 Å². The van der Waals surface area contributed by atoms with E-state index in [1.165, 1.54) is 44.9 Å². The van der Waals surface area contributed by atoms with Crippen molar-refractivity contribution in [2.45, 2.75) is 78.1 Å². The van der Waals surface area contributed by atoms with E-state index in [1.807, 2.05) is 36.4 Å². The number of aryl methyl sites for hydroxylation is 2. The molecule has 2 aromatic rings. The van der Waals surface area contributed by atoms with Crippen LogP contribution in [0.25, 0.3) is 0 Å². The highest BCUT2D eigenvalue weighted by Crippen LogP contribution is 2.19.